The van der Waals surface area contributed by atoms with Crippen molar-refractivity contribution in [3.8, 4) is 0 Å². The lowest BCUT2D eigenvalue weighted by molar-refractivity contribution is -0.136. The summed E-state index contributed by atoms with van der Waals surface area (Å²) in [7, 11) is 0. The van der Waals surface area contributed by atoms with Crippen LogP contribution in [0.15, 0.2) is 18.2 Å². The van der Waals surface area contributed by atoms with E-state index < -0.39 is 11.8 Å². The van der Waals surface area contributed by atoms with Crippen LogP contribution in [0.5, 0.6) is 0 Å². The molecule has 1 aromatic carbocycles. The number of nitrogens with one attached hydrogen (secondary N) is 2. The predicted octanol–water partition coefficient (Wildman–Crippen LogP) is 1.91. The molecule has 1 aromatic rings. The number of rotatable bonds is 3. The van der Waals surface area contributed by atoms with E-state index in [1.165, 1.54) is 0 Å². The summed E-state index contributed by atoms with van der Waals surface area (Å²) in [5, 5.41) is 14.5. The Hall–Kier alpha value is -1.88. The summed E-state index contributed by atoms with van der Waals surface area (Å²) < 4.78 is 0. The highest BCUT2D eigenvalue weighted by atomic mass is 16.3. The quantitative estimate of drug-likeness (QED) is 0.746. The lowest BCUT2D eigenvalue weighted by atomic mass is 9.86. The zero-order chi connectivity index (χ0) is 16.1. The predicted molar refractivity (Wildman–Crippen MR) is 85.5 cm³/mol. The SMILES string of the molecule is Cc1cc(C)cc(NC(=O)C(=O)NC2CCC(CO)CC2)c1. The fourth-order valence-electron chi connectivity index (χ4n) is 2.98. The van der Waals surface area contributed by atoms with Crippen LogP contribution in [0.3, 0.4) is 0 Å². The molecule has 1 saturated carbocycles. The van der Waals surface area contributed by atoms with Crippen molar-refractivity contribution in [2.45, 2.75) is 45.6 Å². The van der Waals surface area contributed by atoms with E-state index >= 15 is 0 Å². The molecule has 0 spiro atoms. The molecule has 1 aliphatic rings. The molecule has 1 fully saturated rings. The molecule has 0 heterocycles. The second kappa shape index (κ2) is 7.40. The Bertz CT molecular complexity index is 529. The monoisotopic (exact) mass is 304 g/mol. The summed E-state index contributed by atoms with van der Waals surface area (Å²) >= 11 is 0. The van der Waals surface area contributed by atoms with Crippen LogP contribution >= 0.6 is 0 Å². The highest BCUT2D eigenvalue weighted by molar-refractivity contribution is 6.39. The Labute approximate surface area is 131 Å². The fraction of sp³-hybridized carbons (Fsp3) is 0.529. The average Bonchev–Trinajstić information content (AvgIpc) is 2.46. The average molecular weight is 304 g/mol. The topological polar surface area (TPSA) is 78.4 Å². The van der Waals surface area contributed by atoms with Crippen LogP contribution in [0.1, 0.15) is 36.8 Å². The van der Waals surface area contributed by atoms with Gasteiger partial charge in [0.1, 0.15) is 0 Å². The lowest BCUT2D eigenvalue weighted by Crippen LogP contribution is -2.43. The zero-order valence-electron chi connectivity index (χ0n) is 13.2. The summed E-state index contributed by atoms with van der Waals surface area (Å²) in [5.74, 6) is -0.891. The molecule has 120 valence electrons. The van der Waals surface area contributed by atoms with Gasteiger partial charge in [-0.1, -0.05) is 6.07 Å². The van der Waals surface area contributed by atoms with E-state index in [0.717, 1.165) is 36.8 Å². The van der Waals surface area contributed by atoms with E-state index in [9.17, 15) is 9.59 Å². The maximum Gasteiger partial charge on any atom is 0.313 e. The summed E-state index contributed by atoms with van der Waals surface area (Å²) in [6.07, 6.45) is 3.40. The van der Waals surface area contributed by atoms with Gasteiger partial charge in [0.25, 0.3) is 0 Å². The van der Waals surface area contributed by atoms with Gasteiger partial charge < -0.3 is 15.7 Å². The molecule has 0 saturated heterocycles. The van der Waals surface area contributed by atoms with Crippen LogP contribution in [0, 0.1) is 19.8 Å². The van der Waals surface area contributed by atoms with Crippen molar-refractivity contribution < 1.29 is 14.7 Å². The Balaban J connectivity index is 1.86. The van der Waals surface area contributed by atoms with Gasteiger partial charge >= 0.3 is 11.8 Å². The third-order valence-electron chi connectivity index (χ3n) is 4.13. The number of aryl methyl sites for hydroxylation is 2. The number of carbonyl (C=O) groups is 2. The lowest BCUT2D eigenvalue weighted by Gasteiger charge is -2.27. The largest absolute Gasteiger partial charge is 0.396 e. The van der Waals surface area contributed by atoms with Gasteiger partial charge in [0.2, 0.25) is 0 Å². The number of hydrogen-bond acceptors (Lipinski definition) is 3. The van der Waals surface area contributed by atoms with Crippen LogP contribution in [-0.4, -0.2) is 29.6 Å². The van der Waals surface area contributed by atoms with Crippen molar-refractivity contribution >= 4 is 17.5 Å². The summed E-state index contributed by atoms with van der Waals surface area (Å²) in [5.41, 5.74) is 2.72. The second-order valence-electron chi connectivity index (χ2n) is 6.20. The highest BCUT2D eigenvalue weighted by Crippen LogP contribution is 2.23. The minimum absolute atomic E-state index is 0.0281. The molecule has 0 aromatic heterocycles. The Kier molecular flexibility index (Phi) is 5.55. The number of aliphatic hydroxyl groups is 1. The van der Waals surface area contributed by atoms with Gasteiger partial charge in [0, 0.05) is 18.3 Å². The van der Waals surface area contributed by atoms with Crippen LogP contribution in [0.25, 0.3) is 0 Å². The van der Waals surface area contributed by atoms with E-state index in [2.05, 4.69) is 10.6 Å². The summed E-state index contributed by atoms with van der Waals surface area (Å²) in [6.45, 7) is 4.10. The van der Waals surface area contributed by atoms with Crippen LogP contribution in [0.4, 0.5) is 5.69 Å². The van der Waals surface area contributed by atoms with Gasteiger partial charge in [-0.15, -0.1) is 0 Å². The molecule has 5 nitrogen and oxygen atoms in total. The van der Waals surface area contributed by atoms with E-state index in [0.29, 0.717) is 11.6 Å². The molecule has 0 bridgehead atoms. The molecule has 3 N–H and O–H groups in total. The maximum atomic E-state index is 12.0. The normalized spacial score (nSPS) is 21.2. The number of anilines is 1. The Morgan fingerprint density at radius 2 is 1.64 bits per heavy atom. The minimum Gasteiger partial charge on any atom is -0.396 e. The molecule has 22 heavy (non-hydrogen) atoms. The molecule has 0 atom stereocenters. The van der Waals surface area contributed by atoms with Gasteiger partial charge in [0.15, 0.2) is 0 Å². The van der Waals surface area contributed by atoms with Crippen molar-refractivity contribution in [1.29, 1.82) is 0 Å². The molecule has 2 amide bonds. The summed E-state index contributed by atoms with van der Waals surface area (Å²) in [6, 6.07) is 5.71. The molecule has 0 radical (unpaired) electrons. The first kappa shape index (κ1) is 16.5. The van der Waals surface area contributed by atoms with E-state index in [-0.39, 0.29) is 12.6 Å². The maximum absolute atomic E-state index is 12.0. The molecule has 2 rings (SSSR count). The Morgan fingerprint density at radius 1 is 1.05 bits per heavy atom. The van der Waals surface area contributed by atoms with Crippen molar-refractivity contribution in [3.05, 3.63) is 29.3 Å². The highest BCUT2D eigenvalue weighted by Gasteiger charge is 2.24. The van der Waals surface area contributed by atoms with Crippen molar-refractivity contribution in [1.82, 2.24) is 5.32 Å². The Morgan fingerprint density at radius 3 is 2.18 bits per heavy atom. The number of amides is 2. The van der Waals surface area contributed by atoms with E-state index in [1.54, 1.807) is 0 Å². The van der Waals surface area contributed by atoms with E-state index in [1.807, 2.05) is 32.0 Å². The van der Waals surface area contributed by atoms with Crippen molar-refractivity contribution in [2.75, 3.05) is 11.9 Å². The minimum atomic E-state index is -0.630. The van der Waals surface area contributed by atoms with Crippen LogP contribution in [-0.2, 0) is 9.59 Å². The molecule has 5 heteroatoms. The molecule has 0 aliphatic heterocycles. The van der Waals surface area contributed by atoms with Gasteiger partial charge in [-0.3, -0.25) is 9.59 Å². The van der Waals surface area contributed by atoms with E-state index in [4.69, 9.17) is 5.11 Å². The number of carbonyl (C=O) groups excluding carboxylic acids is 2. The van der Waals surface area contributed by atoms with Crippen molar-refractivity contribution in [2.24, 2.45) is 5.92 Å². The number of hydrogen-bond donors (Lipinski definition) is 3. The van der Waals surface area contributed by atoms with Crippen molar-refractivity contribution in [3.63, 3.8) is 0 Å². The standard InChI is InChI=1S/C17H24N2O3/c1-11-7-12(2)9-15(8-11)19-17(22)16(21)18-14-5-3-13(10-20)4-6-14/h7-9,13-14,20H,3-6,10H2,1-2H3,(H,18,21)(H,19,22). The van der Waals surface area contributed by atoms with Crippen LogP contribution in [0.2, 0.25) is 0 Å². The molecule has 0 unspecified atom stereocenters. The second-order valence-corrected chi connectivity index (χ2v) is 6.20. The van der Waals surface area contributed by atoms with Gasteiger partial charge in [-0.05, 0) is 68.7 Å². The van der Waals surface area contributed by atoms with Gasteiger partial charge in [-0.25, -0.2) is 0 Å². The van der Waals surface area contributed by atoms with Crippen LogP contribution < -0.4 is 10.6 Å². The molecular weight excluding hydrogens is 280 g/mol. The summed E-state index contributed by atoms with van der Waals surface area (Å²) in [4.78, 5) is 23.9. The molecule has 1 aliphatic carbocycles. The first-order chi connectivity index (χ1) is 10.5. The first-order valence-electron chi connectivity index (χ1n) is 7.79. The smallest absolute Gasteiger partial charge is 0.313 e. The molecular formula is C17H24N2O3. The number of benzene rings is 1. The van der Waals surface area contributed by atoms with Gasteiger partial charge in [-0.2, -0.15) is 0 Å². The third-order valence-corrected chi connectivity index (χ3v) is 4.13. The fourth-order valence-corrected chi connectivity index (χ4v) is 2.98. The third kappa shape index (κ3) is 4.56. The van der Waals surface area contributed by atoms with Gasteiger partial charge in [0.05, 0.1) is 0 Å². The number of aliphatic hydroxyl groups excluding tert-OH is 1. The zero-order valence-corrected chi connectivity index (χ0v) is 13.2. The first-order valence-corrected chi connectivity index (χ1v) is 7.79.